The van der Waals surface area contributed by atoms with E-state index in [0.717, 1.165) is 40.0 Å². The summed E-state index contributed by atoms with van der Waals surface area (Å²) in [7, 11) is 0. The first-order valence-electron chi connectivity index (χ1n) is 11.4. The number of anilines is 1. The van der Waals surface area contributed by atoms with Crippen molar-refractivity contribution < 1.29 is 18.0 Å². The fourth-order valence-electron chi connectivity index (χ4n) is 4.45. The van der Waals surface area contributed by atoms with Crippen molar-refractivity contribution in [1.82, 2.24) is 15.5 Å². The molecule has 178 valence electrons. The van der Waals surface area contributed by atoms with Crippen LogP contribution in [0.5, 0.6) is 0 Å². The molecule has 5 nitrogen and oxygen atoms in total. The van der Waals surface area contributed by atoms with Crippen LogP contribution in [0.4, 0.5) is 19.0 Å². The second-order valence-electron chi connectivity index (χ2n) is 8.59. The van der Waals surface area contributed by atoms with Crippen molar-refractivity contribution in [3.63, 3.8) is 0 Å². The van der Waals surface area contributed by atoms with E-state index in [1.807, 2.05) is 54.6 Å². The molecule has 0 atom stereocenters. The van der Waals surface area contributed by atoms with Crippen LogP contribution in [0.2, 0.25) is 0 Å². The number of piperidine rings is 1. The van der Waals surface area contributed by atoms with Gasteiger partial charge in [0.25, 0.3) is 5.91 Å². The minimum atomic E-state index is -4.42. The maximum atomic E-state index is 12.8. The first kappa shape index (κ1) is 22.8. The Kier molecular flexibility index (Phi) is 6.11. The van der Waals surface area contributed by atoms with E-state index < -0.39 is 11.7 Å². The Morgan fingerprint density at radius 3 is 2.11 bits per heavy atom. The van der Waals surface area contributed by atoms with Crippen molar-refractivity contribution in [2.45, 2.75) is 25.1 Å². The predicted octanol–water partition coefficient (Wildman–Crippen LogP) is 5.71. The van der Waals surface area contributed by atoms with Gasteiger partial charge in [-0.3, -0.25) is 4.79 Å². The summed E-state index contributed by atoms with van der Waals surface area (Å²) in [5.41, 5.74) is 1.29. The maximum absolute atomic E-state index is 12.8. The molecule has 3 aromatic carbocycles. The monoisotopic (exact) mass is 476 g/mol. The number of rotatable bonds is 4. The van der Waals surface area contributed by atoms with Crippen molar-refractivity contribution in [3.8, 4) is 11.3 Å². The fraction of sp³-hybridized carbons (Fsp3) is 0.222. The van der Waals surface area contributed by atoms with Crippen molar-refractivity contribution >= 4 is 22.5 Å². The molecule has 0 aliphatic carbocycles. The molecule has 0 saturated carbocycles. The molecule has 0 spiro atoms. The summed E-state index contributed by atoms with van der Waals surface area (Å²) in [5.74, 6) is 0.447. The van der Waals surface area contributed by atoms with Gasteiger partial charge >= 0.3 is 6.18 Å². The number of carbonyl (C=O) groups excluding carboxylic acids is 1. The van der Waals surface area contributed by atoms with E-state index in [9.17, 15) is 18.0 Å². The summed E-state index contributed by atoms with van der Waals surface area (Å²) in [6.45, 7) is 1.36. The minimum Gasteiger partial charge on any atom is -0.354 e. The average Bonchev–Trinajstić information content (AvgIpc) is 2.89. The lowest BCUT2D eigenvalue weighted by atomic mass is 10.0. The Hall–Kier alpha value is -3.94. The number of nitrogens with one attached hydrogen (secondary N) is 1. The average molecular weight is 477 g/mol. The van der Waals surface area contributed by atoms with Gasteiger partial charge in [0.2, 0.25) is 0 Å². The van der Waals surface area contributed by atoms with Crippen LogP contribution in [-0.4, -0.2) is 35.2 Å². The summed E-state index contributed by atoms with van der Waals surface area (Å²) >= 11 is 0. The van der Waals surface area contributed by atoms with E-state index in [0.29, 0.717) is 25.9 Å². The molecule has 1 aliphatic rings. The number of hydrogen-bond acceptors (Lipinski definition) is 4. The smallest absolute Gasteiger partial charge is 0.354 e. The Balaban J connectivity index is 1.28. The largest absolute Gasteiger partial charge is 0.416 e. The Labute approximate surface area is 200 Å². The van der Waals surface area contributed by atoms with Crippen LogP contribution in [-0.2, 0) is 6.18 Å². The number of amides is 1. The predicted molar refractivity (Wildman–Crippen MR) is 129 cm³/mol. The molecule has 4 aromatic rings. The highest BCUT2D eigenvalue weighted by molar-refractivity contribution is 6.00. The van der Waals surface area contributed by atoms with Gasteiger partial charge in [-0.2, -0.15) is 13.2 Å². The zero-order valence-electron chi connectivity index (χ0n) is 18.8. The summed E-state index contributed by atoms with van der Waals surface area (Å²) in [5, 5.41) is 14.1. The van der Waals surface area contributed by atoms with Gasteiger partial charge in [0.1, 0.15) is 5.69 Å². The molecular formula is C27H23F3N4O. The molecule has 1 aromatic heterocycles. The molecule has 8 heteroatoms. The maximum Gasteiger partial charge on any atom is 0.416 e. The number of hydrogen-bond donors (Lipinski definition) is 1. The van der Waals surface area contributed by atoms with E-state index in [4.69, 9.17) is 0 Å². The number of aromatic nitrogens is 2. The molecule has 1 aliphatic heterocycles. The van der Waals surface area contributed by atoms with Gasteiger partial charge in [-0.25, -0.2) is 0 Å². The minimum absolute atomic E-state index is 0.0659. The van der Waals surface area contributed by atoms with E-state index >= 15 is 0 Å². The highest BCUT2D eigenvalue weighted by atomic mass is 19.4. The summed E-state index contributed by atoms with van der Waals surface area (Å²) in [4.78, 5) is 14.7. The topological polar surface area (TPSA) is 58.1 Å². The molecule has 0 bridgehead atoms. The van der Waals surface area contributed by atoms with Crippen LogP contribution in [0.25, 0.3) is 22.0 Å². The number of nitrogens with zero attached hydrogens (tertiary/aromatic N) is 3. The number of benzene rings is 3. The van der Waals surface area contributed by atoms with Crippen LogP contribution in [0, 0.1) is 0 Å². The van der Waals surface area contributed by atoms with Gasteiger partial charge in [-0.15, -0.1) is 10.2 Å². The van der Waals surface area contributed by atoms with Gasteiger partial charge < -0.3 is 10.2 Å². The molecule has 5 rings (SSSR count). The third kappa shape index (κ3) is 4.82. The highest BCUT2D eigenvalue weighted by Gasteiger charge is 2.30. The van der Waals surface area contributed by atoms with Crippen LogP contribution in [0.15, 0.2) is 78.9 Å². The molecule has 2 heterocycles. The van der Waals surface area contributed by atoms with Crippen molar-refractivity contribution in [1.29, 1.82) is 0 Å². The third-order valence-corrected chi connectivity index (χ3v) is 6.32. The standard InChI is InChI=1S/C27H23F3N4O/c28-27(29,30)20-12-10-19(11-13-20)26(35)31-21-14-16-34(17-15-21)25-23-9-5-4-8-22(23)24(32-33-25)18-6-2-1-3-7-18/h1-13,21H,14-17H2,(H,31,35). The van der Waals surface area contributed by atoms with E-state index in [2.05, 4.69) is 20.4 Å². The quantitative estimate of drug-likeness (QED) is 0.410. The molecule has 1 N–H and O–H groups in total. The number of fused-ring (bicyclic) bond motifs is 1. The van der Waals surface area contributed by atoms with Crippen LogP contribution in [0.3, 0.4) is 0 Å². The molecule has 0 unspecified atom stereocenters. The first-order valence-corrected chi connectivity index (χ1v) is 11.4. The van der Waals surface area contributed by atoms with Gasteiger partial charge in [-0.1, -0.05) is 54.6 Å². The lowest BCUT2D eigenvalue weighted by Crippen LogP contribution is -2.45. The zero-order chi connectivity index (χ0) is 24.4. The van der Waals surface area contributed by atoms with E-state index in [-0.39, 0.29) is 17.5 Å². The number of carbonyl (C=O) groups is 1. The Bertz CT molecular complexity index is 1330. The molecule has 1 amide bonds. The Morgan fingerprint density at radius 2 is 1.46 bits per heavy atom. The van der Waals surface area contributed by atoms with Gasteiger partial charge in [0.05, 0.1) is 5.56 Å². The fourth-order valence-corrected chi connectivity index (χ4v) is 4.45. The zero-order valence-corrected chi connectivity index (χ0v) is 18.8. The van der Waals surface area contributed by atoms with Crippen molar-refractivity contribution in [2.75, 3.05) is 18.0 Å². The number of alkyl halides is 3. The Morgan fingerprint density at radius 1 is 0.829 bits per heavy atom. The lowest BCUT2D eigenvalue weighted by molar-refractivity contribution is -0.137. The van der Waals surface area contributed by atoms with Crippen LogP contribution >= 0.6 is 0 Å². The highest BCUT2D eigenvalue weighted by Crippen LogP contribution is 2.32. The van der Waals surface area contributed by atoms with E-state index in [1.54, 1.807) is 0 Å². The molecular weight excluding hydrogens is 453 g/mol. The van der Waals surface area contributed by atoms with Crippen molar-refractivity contribution in [3.05, 3.63) is 90.0 Å². The van der Waals surface area contributed by atoms with Gasteiger partial charge in [0.15, 0.2) is 5.82 Å². The second kappa shape index (κ2) is 9.37. The van der Waals surface area contributed by atoms with Crippen molar-refractivity contribution in [2.24, 2.45) is 0 Å². The molecule has 35 heavy (non-hydrogen) atoms. The van der Waals surface area contributed by atoms with Gasteiger partial charge in [-0.05, 0) is 37.1 Å². The van der Waals surface area contributed by atoms with E-state index in [1.165, 1.54) is 12.1 Å². The summed E-state index contributed by atoms with van der Waals surface area (Å²) in [6, 6.07) is 22.2. The molecule has 1 fully saturated rings. The summed E-state index contributed by atoms with van der Waals surface area (Å²) in [6.07, 6.45) is -3.03. The third-order valence-electron chi connectivity index (χ3n) is 6.32. The first-order chi connectivity index (χ1) is 16.9. The summed E-state index contributed by atoms with van der Waals surface area (Å²) < 4.78 is 38.3. The molecule has 0 radical (unpaired) electrons. The molecule has 1 saturated heterocycles. The SMILES string of the molecule is O=C(NC1CCN(c2nnc(-c3ccccc3)c3ccccc23)CC1)c1ccc(C(F)(F)F)cc1. The number of halogens is 3. The normalized spacial score (nSPS) is 14.8. The van der Waals surface area contributed by atoms with Crippen LogP contribution in [0.1, 0.15) is 28.8 Å². The lowest BCUT2D eigenvalue weighted by Gasteiger charge is -2.33. The second-order valence-corrected chi connectivity index (χ2v) is 8.59. The van der Waals surface area contributed by atoms with Crippen LogP contribution < -0.4 is 10.2 Å². The van der Waals surface area contributed by atoms with Gasteiger partial charge in [0, 0.05) is 41.0 Å².